The lowest BCUT2D eigenvalue weighted by Crippen LogP contribution is -2.20. The van der Waals surface area contributed by atoms with Crippen molar-refractivity contribution < 1.29 is 4.39 Å². The van der Waals surface area contributed by atoms with Gasteiger partial charge in [0.25, 0.3) is 0 Å². The number of hydrogen-bond donors (Lipinski definition) is 2. The van der Waals surface area contributed by atoms with Crippen molar-refractivity contribution in [1.29, 1.82) is 0 Å². The molecule has 2 aromatic rings. The quantitative estimate of drug-likeness (QED) is 0.803. The first kappa shape index (κ1) is 11.0. The van der Waals surface area contributed by atoms with Crippen LogP contribution in [0.25, 0.3) is 0 Å². The lowest BCUT2D eigenvalue weighted by molar-refractivity contribution is 0.627. The molecule has 3 nitrogen and oxygen atoms in total. The summed E-state index contributed by atoms with van der Waals surface area (Å²) in [6.07, 6.45) is 0. The third kappa shape index (κ3) is 3.01. The second-order valence-electron chi connectivity index (χ2n) is 3.34. The van der Waals surface area contributed by atoms with E-state index in [4.69, 9.17) is 0 Å². The van der Waals surface area contributed by atoms with Crippen LogP contribution in [0.2, 0.25) is 0 Å². The second kappa shape index (κ2) is 5.05. The fraction of sp³-hybridized carbons (Fsp3) is 0.182. The third-order valence-corrected chi connectivity index (χ3v) is 2.84. The lowest BCUT2D eigenvalue weighted by Gasteiger charge is -2.06. The first-order valence-electron chi connectivity index (χ1n) is 4.89. The number of anilines is 1. The van der Waals surface area contributed by atoms with Crippen molar-refractivity contribution in [3.05, 3.63) is 46.2 Å². The Balaban J connectivity index is 1.82. The van der Waals surface area contributed by atoms with Crippen molar-refractivity contribution in [2.75, 3.05) is 5.43 Å². The summed E-state index contributed by atoms with van der Waals surface area (Å²) in [5.41, 5.74) is 7.82. The summed E-state index contributed by atoms with van der Waals surface area (Å²) in [6.45, 7) is 2.61. The standard InChI is InChI=1S/C11H12FN3S/c1-8-14-11(7-16-8)6-13-15-10-4-2-9(12)3-5-10/h2-5,7,13,15H,6H2,1H3. The van der Waals surface area contributed by atoms with E-state index in [2.05, 4.69) is 15.8 Å². The molecule has 0 saturated carbocycles. The number of rotatable bonds is 4. The summed E-state index contributed by atoms with van der Waals surface area (Å²) in [5.74, 6) is -0.235. The highest BCUT2D eigenvalue weighted by atomic mass is 32.1. The van der Waals surface area contributed by atoms with Crippen LogP contribution in [-0.4, -0.2) is 4.98 Å². The highest BCUT2D eigenvalue weighted by Gasteiger charge is 1.97. The zero-order valence-corrected chi connectivity index (χ0v) is 9.64. The minimum atomic E-state index is -0.235. The molecule has 0 bridgehead atoms. The molecule has 0 radical (unpaired) electrons. The van der Waals surface area contributed by atoms with Gasteiger partial charge in [-0.2, -0.15) is 0 Å². The average Bonchev–Trinajstić information content (AvgIpc) is 2.67. The molecule has 0 fully saturated rings. The van der Waals surface area contributed by atoms with Crippen LogP contribution in [0.5, 0.6) is 0 Å². The van der Waals surface area contributed by atoms with Crippen LogP contribution in [0.3, 0.4) is 0 Å². The van der Waals surface area contributed by atoms with Crippen LogP contribution >= 0.6 is 11.3 Å². The van der Waals surface area contributed by atoms with E-state index in [1.807, 2.05) is 12.3 Å². The SMILES string of the molecule is Cc1nc(CNNc2ccc(F)cc2)cs1. The van der Waals surface area contributed by atoms with Gasteiger partial charge in [-0.15, -0.1) is 11.3 Å². The fourth-order valence-corrected chi connectivity index (χ4v) is 1.87. The molecule has 0 saturated heterocycles. The predicted octanol–water partition coefficient (Wildman–Crippen LogP) is 2.71. The van der Waals surface area contributed by atoms with E-state index >= 15 is 0 Å². The monoisotopic (exact) mass is 237 g/mol. The molecular weight excluding hydrogens is 225 g/mol. The zero-order chi connectivity index (χ0) is 11.4. The number of aromatic nitrogens is 1. The van der Waals surface area contributed by atoms with Crippen molar-refractivity contribution in [3.8, 4) is 0 Å². The van der Waals surface area contributed by atoms with Crippen molar-refractivity contribution >= 4 is 17.0 Å². The molecule has 0 amide bonds. The summed E-state index contributed by atoms with van der Waals surface area (Å²) in [4.78, 5) is 4.31. The molecule has 1 aromatic carbocycles. The van der Waals surface area contributed by atoms with Gasteiger partial charge >= 0.3 is 0 Å². The molecular formula is C11H12FN3S. The maximum Gasteiger partial charge on any atom is 0.123 e. The Bertz CT molecular complexity index is 453. The summed E-state index contributed by atoms with van der Waals surface area (Å²) in [7, 11) is 0. The number of nitrogens with one attached hydrogen (secondary N) is 2. The van der Waals surface area contributed by atoms with Gasteiger partial charge in [-0.3, -0.25) is 0 Å². The van der Waals surface area contributed by atoms with Gasteiger partial charge in [0.2, 0.25) is 0 Å². The van der Waals surface area contributed by atoms with E-state index in [1.54, 1.807) is 23.5 Å². The lowest BCUT2D eigenvalue weighted by atomic mass is 10.3. The van der Waals surface area contributed by atoms with Crippen LogP contribution in [0.1, 0.15) is 10.7 Å². The number of halogens is 1. The zero-order valence-electron chi connectivity index (χ0n) is 8.83. The van der Waals surface area contributed by atoms with E-state index in [0.717, 1.165) is 16.4 Å². The van der Waals surface area contributed by atoms with Gasteiger partial charge in [0, 0.05) is 11.1 Å². The molecule has 1 heterocycles. The van der Waals surface area contributed by atoms with Crippen molar-refractivity contribution in [1.82, 2.24) is 10.4 Å². The molecule has 0 spiro atoms. The Kier molecular flexibility index (Phi) is 3.48. The Morgan fingerprint density at radius 2 is 2.06 bits per heavy atom. The van der Waals surface area contributed by atoms with Crippen LogP contribution in [0, 0.1) is 12.7 Å². The van der Waals surface area contributed by atoms with E-state index in [-0.39, 0.29) is 5.82 Å². The molecule has 0 aliphatic rings. The van der Waals surface area contributed by atoms with Crippen LogP contribution in [-0.2, 0) is 6.54 Å². The molecule has 16 heavy (non-hydrogen) atoms. The maximum atomic E-state index is 12.6. The maximum absolute atomic E-state index is 12.6. The molecule has 5 heteroatoms. The highest BCUT2D eigenvalue weighted by Crippen LogP contribution is 2.09. The number of aryl methyl sites for hydroxylation is 1. The van der Waals surface area contributed by atoms with Gasteiger partial charge in [0.1, 0.15) is 5.82 Å². The summed E-state index contributed by atoms with van der Waals surface area (Å²) >= 11 is 1.62. The van der Waals surface area contributed by atoms with Gasteiger partial charge in [-0.25, -0.2) is 14.8 Å². The van der Waals surface area contributed by atoms with E-state index in [9.17, 15) is 4.39 Å². The van der Waals surface area contributed by atoms with Gasteiger partial charge in [-0.05, 0) is 31.2 Å². The largest absolute Gasteiger partial charge is 0.321 e. The Morgan fingerprint density at radius 1 is 1.31 bits per heavy atom. The molecule has 2 N–H and O–H groups in total. The Labute approximate surface area is 97.3 Å². The van der Waals surface area contributed by atoms with E-state index in [0.29, 0.717) is 6.54 Å². The number of nitrogens with zero attached hydrogens (tertiary/aromatic N) is 1. The van der Waals surface area contributed by atoms with Crippen molar-refractivity contribution in [3.63, 3.8) is 0 Å². The minimum Gasteiger partial charge on any atom is -0.321 e. The molecule has 0 atom stereocenters. The highest BCUT2D eigenvalue weighted by molar-refractivity contribution is 7.09. The smallest absolute Gasteiger partial charge is 0.123 e. The summed E-state index contributed by atoms with van der Waals surface area (Å²) < 4.78 is 12.6. The van der Waals surface area contributed by atoms with Gasteiger partial charge in [0.15, 0.2) is 0 Å². The Hall–Kier alpha value is -1.46. The van der Waals surface area contributed by atoms with Crippen LogP contribution in [0.15, 0.2) is 29.6 Å². The fourth-order valence-electron chi connectivity index (χ4n) is 1.26. The first-order valence-corrected chi connectivity index (χ1v) is 5.77. The first-order chi connectivity index (χ1) is 7.74. The number of benzene rings is 1. The van der Waals surface area contributed by atoms with Crippen LogP contribution < -0.4 is 10.9 Å². The van der Waals surface area contributed by atoms with Crippen molar-refractivity contribution in [2.45, 2.75) is 13.5 Å². The topological polar surface area (TPSA) is 37.0 Å². The Morgan fingerprint density at radius 3 is 2.69 bits per heavy atom. The molecule has 0 aliphatic carbocycles. The summed E-state index contributed by atoms with van der Waals surface area (Å²) in [6, 6.07) is 6.18. The number of hydrogen-bond acceptors (Lipinski definition) is 4. The average molecular weight is 237 g/mol. The molecule has 0 unspecified atom stereocenters. The van der Waals surface area contributed by atoms with Gasteiger partial charge in [0.05, 0.1) is 17.2 Å². The van der Waals surface area contributed by atoms with Crippen LogP contribution in [0.4, 0.5) is 10.1 Å². The molecule has 1 aromatic heterocycles. The number of thiazole rings is 1. The third-order valence-electron chi connectivity index (χ3n) is 2.01. The molecule has 2 rings (SSSR count). The van der Waals surface area contributed by atoms with Crippen molar-refractivity contribution in [2.24, 2.45) is 0 Å². The minimum absolute atomic E-state index is 0.235. The molecule has 84 valence electrons. The normalized spacial score (nSPS) is 10.4. The number of hydrazine groups is 1. The molecule has 0 aliphatic heterocycles. The second-order valence-corrected chi connectivity index (χ2v) is 4.41. The van der Waals surface area contributed by atoms with Gasteiger partial charge in [-0.1, -0.05) is 0 Å². The van der Waals surface area contributed by atoms with Gasteiger partial charge < -0.3 is 5.43 Å². The van der Waals surface area contributed by atoms with E-state index in [1.165, 1.54) is 12.1 Å². The van der Waals surface area contributed by atoms with E-state index < -0.39 is 0 Å². The summed E-state index contributed by atoms with van der Waals surface area (Å²) in [5, 5.41) is 3.06. The predicted molar refractivity (Wildman–Crippen MR) is 63.7 cm³/mol.